The van der Waals surface area contributed by atoms with E-state index in [0.29, 0.717) is 11.4 Å². The Morgan fingerprint density at radius 3 is 2.00 bits per heavy atom. The fourth-order valence-electron chi connectivity index (χ4n) is 1.61. The number of hydrogen-bond donors (Lipinski definition) is 0. The molecule has 112 valence electrons. The highest BCUT2D eigenvalue weighted by Gasteiger charge is 2.23. The van der Waals surface area contributed by atoms with Crippen molar-refractivity contribution in [2.45, 2.75) is 18.7 Å². The van der Waals surface area contributed by atoms with Gasteiger partial charge in [-0.2, -0.15) is 8.42 Å². The molecule has 0 aliphatic carbocycles. The first-order valence-electron chi connectivity index (χ1n) is 5.74. The maximum Gasteiger partial charge on any atom is 0.339 e. The van der Waals surface area contributed by atoms with Gasteiger partial charge in [-0.25, -0.2) is 4.39 Å². The van der Waals surface area contributed by atoms with Crippen LogP contribution in [-0.4, -0.2) is 13.4 Å². The van der Waals surface area contributed by atoms with Gasteiger partial charge in [0.2, 0.25) is 0 Å². The van der Waals surface area contributed by atoms with Crippen LogP contribution in [0, 0.1) is 19.7 Å². The van der Waals surface area contributed by atoms with E-state index >= 15 is 0 Å². The van der Waals surface area contributed by atoms with Crippen LogP contribution in [0.25, 0.3) is 0 Å². The second kappa shape index (κ2) is 5.79. The summed E-state index contributed by atoms with van der Waals surface area (Å²) in [7, 11) is -4.17. The maximum atomic E-state index is 12.8. The van der Waals surface area contributed by atoms with E-state index in [-0.39, 0.29) is 20.7 Å². The molecule has 0 bridgehead atoms. The summed E-state index contributed by atoms with van der Waals surface area (Å²) in [5.74, 6) is -0.742. The van der Waals surface area contributed by atoms with E-state index in [1.165, 1.54) is 0 Å². The van der Waals surface area contributed by atoms with Crippen molar-refractivity contribution in [3.8, 4) is 5.75 Å². The molecule has 0 saturated carbocycles. The summed E-state index contributed by atoms with van der Waals surface area (Å²) in [6.07, 6.45) is 0. The molecule has 0 aliphatic heterocycles. The van der Waals surface area contributed by atoms with E-state index < -0.39 is 15.9 Å². The third kappa shape index (κ3) is 3.28. The number of aromatic nitrogens is 1. The maximum absolute atomic E-state index is 12.8. The van der Waals surface area contributed by atoms with E-state index in [0.717, 1.165) is 24.3 Å². The fourth-order valence-corrected chi connectivity index (χ4v) is 3.05. The van der Waals surface area contributed by atoms with Gasteiger partial charge in [0.25, 0.3) is 0 Å². The van der Waals surface area contributed by atoms with Crippen LogP contribution < -0.4 is 4.18 Å². The highest BCUT2D eigenvalue weighted by atomic mass is 35.5. The fraction of sp³-hybridized carbons (Fsp3) is 0.154. The normalized spacial score (nSPS) is 11.5. The van der Waals surface area contributed by atoms with Crippen molar-refractivity contribution in [2.24, 2.45) is 0 Å². The molecule has 0 amide bonds. The van der Waals surface area contributed by atoms with Gasteiger partial charge >= 0.3 is 10.1 Å². The smallest absolute Gasteiger partial charge is 0.339 e. The third-order valence-corrected chi connectivity index (χ3v) is 4.79. The molecule has 0 atom stereocenters. The van der Waals surface area contributed by atoms with Crippen molar-refractivity contribution in [1.82, 2.24) is 4.98 Å². The van der Waals surface area contributed by atoms with Crippen molar-refractivity contribution >= 4 is 33.3 Å². The monoisotopic (exact) mass is 349 g/mol. The zero-order valence-electron chi connectivity index (χ0n) is 11.0. The van der Waals surface area contributed by atoms with Crippen LogP contribution in [0.3, 0.4) is 0 Å². The minimum Gasteiger partial charge on any atom is -0.376 e. The third-order valence-electron chi connectivity index (χ3n) is 2.66. The molecule has 0 saturated heterocycles. The molecular weight excluding hydrogens is 340 g/mol. The van der Waals surface area contributed by atoms with Gasteiger partial charge in [-0.3, -0.25) is 4.98 Å². The van der Waals surface area contributed by atoms with Crippen LogP contribution in [-0.2, 0) is 10.1 Å². The lowest BCUT2D eigenvalue weighted by Crippen LogP contribution is -2.11. The van der Waals surface area contributed by atoms with Crippen LogP contribution >= 0.6 is 23.2 Å². The first-order valence-corrected chi connectivity index (χ1v) is 7.91. The van der Waals surface area contributed by atoms with Crippen LogP contribution in [0.15, 0.2) is 29.2 Å². The number of benzene rings is 1. The van der Waals surface area contributed by atoms with E-state index in [2.05, 4.69) is 4.98 Å². The molecule has 4 nitrogen and oxygen atoms in total. The Morgan fingerprint density at radius 1 is 1.05 bits per heavy atom. The van der Waals surface area contributed by atoms with Crippen molar-refractivity contribution in [1.29, 1.82) is 0 Å². The standard InChI is InChI=1S/C13H10Cl2FNO3S/c1-7-11(14)13(12(15)8(2)17-7)20-21(18,19)10-5-3-9(16)4-6-10/h3-6H,1-2H3. The quantitative estimate of drug-likeness (QED) is 0.788. The van der Waals surface area contributed by atoms with Crippen LogP contribution in [0.4, 0.5) is 4.39 Å². The van der Waals surface area contributed by atoms with Crippen molar-refractivity contribution in [3.63, 3.8) is 0 Å². The largest absolute Gasteiger partial charge is 0.376 e. The average molecular weight is 350 g/mol. The zero-order valence-corrected chi connectivity index (χ0v) is 13.4. The van der Waals surface area contributed by atoms with E-state index in [1.807, 2.05) is 0 Å². The summed E-state index contributed by atoms with van der Waals surface area (Å²) in [5, 5.41) is 0.0209. The number of rotatable bonds is 3. The van der Waals surface area contributed by atoms with E-state index in [4.69, 9.17) is 27.4 Å². The molecule has 0 unspecified atom stereocenters. The summed E-state index contributed by atoms with van der Waals surface area (Å²) in [6.45, 7) is 3.20. The molecule has 21 heavy (non-hydrogen) atoms. The number of halogens is 3. The summed E-state index contributed by atoms with van der Waals surface area (Å²) in [4.78, 5) is 3.85. The second-order valence-corrected chi connectivity index (χ2v) is 6.53. The molecule has 0 fully saturated rings. The van der Waals surface area contributed by atoms with Gasteiger partial charge in [-0.1, -0.05) is 23.2 Å². The molecule has 0 N–H and O–H groups in total. The van der Waals surface area contributed by atoms with Crippen molar-refractivity contribution in [2.75, 3.05) is 0 Å². The molecule has 0 radical (unpaired) electrons. The van der Waals surface area contributed by atoms with Gasteiger partial charge in [-0.05, 0) is 38.1 Å². The number of aryl methyl sites for hydroxylation is 2. The second-order valence-electron chi connectivity index (χ2n) is 4.23. The highest BCUT2D eigenvalue weighted by molar-refractivity contribution is 7.87. The Bertz CT molecular complexity index is 766. The molecule has 0 spiro atoms. The van der Waals surface area contributed by atoms with Gasteiger partial charge in [0.05, 0.1) is 11.4 Å². The molecule has 1 heterocycles. The summed E-state index contributed by atoms with van der Waals surface area (Å²) in [5.41, 5.74) is 0.783. The lowest BCUT2D eigenvalue weighted by atomic mass is 10.3. The van der Waals surface area contributed by atoms with Gasteiger partial charge in [0.15, 0.2) is 5.75 Å². The Kier molecular flexibility index (Phi) is 4.41. The predicted octanol–water partition coefficient (Wildman–Crippen LogP) is 3.91. The molecule has 8 heteroatoms. The molecule has 1 aromatic carbocycles. The molecule has 2 rings (SSSR count). The molecule has 2 aromatic rings. The molecule has 1 aromatic heterocycles. The van der Waals surface area contributed by atoms with E-state index in [1.54, 1.807) is 13.8 Å². The Morgan fingerprint density at radius 2 is 1.52 bits per heavy atom. The first-order chi connectivity index (χ1) is 9.72. The van der Waals surface area contributed by atoms with Crippen LogP contribution in [0.2, 0.25) is 10.0 Å². The van der Waals surface area contributed by atoms with Gasteiger partial charge in [0.1, 0.15) is 20.8 Å². The minimum absolute atomic E-state index is 0.0105. The van der Waals surface area contributed by atoms with Crippen LogP contribution in [0.1, 0.15) is 11.4 Å². The minimum atomic E-state index is -4.17. The number of pyridine rings is 1. The Hall–Kier alpha value is -1.37. The first kappa shape index (κ1) is 16.0. The number of nitrogens with zero attached hydrogens (tertiary/aromatic N) is 1. The van der Waals surface area contributed by atoms with Gasteiger partial charge < -0.3 is 4.18 Å². The summed E-state index contributed by atoms with van der Waals surface area (Å²) in [6, 6.07) is 4.21. The molecular formula is C13H10Cl2FNO3S. The highest BCUT2D eigenvalue weighted by Crippen LogP contribution is 2.37. The SMILES string of the molecule is Cc1nc(C)c(Cl)c(OS(=O)(=O)c2ccc(F)cc2)c1Cl. The zero-order chi connectivity index (χ0) is 15.8. The topological polar surface area (TPSA) is 56.3 Å². The Labute approximate surface area is 131 Å². The summed E-state index contributed by atoms with van der Waals surface area (Å²) >= 11 is 12.0. The van der Waals surface area contributed by atoms with Crippen molar-refractivity contribution in [3.05, 3.63) is 51.5 Å². The predicted molar refractivity (Wildman–Crippen MR) is 77.9 cm³/mol. The van der Waals surface area contributed by atoms with Crippen LogP contribution in [0.5, 0.6) is 5.75 Å². The van der Waals surface area contributed by atoms with Crippen molar-refractivity contribution < 1.29 is 17.0 Å². The lowest BCUT2D eigenvalue weighted by Gasteiger charge is -2.12. The Balaban J connectivity index is 2.49. The summed E-state index contributed by atoms with van der Waals surface area (Å²) < 4.78 is 42.2. The molecule has 0 aliphatic rings. The average Bonchev–Trinajstić information content (AvgIpc) is 2.42. The van der Waals surface area contributed by atoms with Gasteiger partial charge in [0, 0.05) is 0 Å². The number of hydrogen-bond acceptors (Lipinski definition) is 4. The van der Waals surface area contributed by atoms with E-state index in [9.17, 15) is 12.8 Å². The lowest BCUT2D eigenvalue weighted by molar-refractivity contribution is 0.485. The van der Waals surface area contributed by atoms with Gasteiger partial charge in [-0.15, -0.1) is 0 Å².